The lowest BCUT2D eigenvalue weighted by atomic mass is 9.86. The summed E-state index contributed by atoms with van der Waals surface area (Å²) in [7, 11) is 0. The average Bonchev–Trinajstić information content (AvgIpc) is 2.36. The first-order valence-corrected chi connectivity index (χ1v) is 6.63. The molecule has 1 amide bonds. The summed E-state index contributed by atoms with van der Waals surface area (Å²) < 4.78 is 26.3. The minimum atomic E-state index is -1.11. The highest BCUT2D eigenvalue weighted by molar-refractivity contribution is 5.97. The van der Waals surface area contributed by atoms with Crippen LogP contribution >= 0.6 is 0 Å². The molecule has 110 valence electrons. The van der Waals surface area contributed by atoms with Gasteiger partial charge in [-0.25, -0.2) is 8.78 Å². The van der Waals surface area contributed by atoms with Crippen molar-refractivity contribution < 1.29 is 23.8 Å². The van der Waals surface area contributed by atoms with Crippen molar-refractivity contribution in [1.82, 2.24) is 5.32 Å². The van der Waals surface area contributed by atoms with Gasteiger partial charge in [0, 0.05) is 24.6 Å². The molecule has 6 heteroatoms. The number of aliphatic hydroxyl groups is 1. The van der Waals surface area contributed by atoms with E-state index in [4.69, 9.17) is 0 Å². The van der Waals surface area contributed by atoms with Gasteiger partial charge >= 0.3 is 0 Å². The number of phenolic OH excluding ortho intramolecular Hbond substituents is 1. The topological polar surface area (TPSA) is 69.6 Å². The van der Waals surface area contributed by atoms with Crippen LogP contribution in [0.5, 0.6) is 5.75 Å². The first-order valence-electron chi connectivity index (χ1n) is 6.63. The van der Waals surface area contributed by atoms with E-state index in [1.807, 2.05) is 0 Å². The minimum absolute atomic E-state index is 0.0710. The molecule has 2 rings (SSSR count). The summed E-state index contributed by atoms with van der Waals surface area (Å²) in [6.45, 7) is 0.205. The van der Waals surface area contributed by atoms with E-state index in [9.17, 15) is 23.8 Å². The van der Waals surface area contributed by atoms with Gasteiger partial charge in [0.1, 0.15) is 22.9 Å². The summed E-state index contributed by atoms with van der Waals surface area (Å²) in [5.74, 6) is -3.66. The largest absolute Gasteiger partial charge is 0.507 e. The maximum atomic E-state index is 13.5. The molecule has 0 radical (unpaired) electrons. The van der Waals surface area contributed by atoms with Crippen molar-refractivity contribution in [2.75, 3.05) is 6.54 Å². The van der Waals surface area contributed by atoms with Gasteiger partial charge in [-0.2, -0.15) is 0 Å². The van der Waals surface area contributed by atoms with Gasteiger partial charge in [0.2, 0.25) is 0 Å². The fourth-order valence-electron chi connectivity index (χ4n) is 2.52. The molecule has 0 aliphatic heterocycles. The monoisotopic (exact) mass is 285 g/mol. The third-order valence-corrected chi connectivity index (χ3v) is 3.66. The molecule has 0 spiro atoms. The lowest BCUT2D eigenvalue weighted by Crippen LogP contribution is -2.37. The van der Waals surface area contributed by atoms with Gasteiger partial charge in [-0.15, -0.1) is 0 Å². The number of halogens is 2. The molecule has 3 N–H and O–H groups in total. The molecule has 0 aromatic heterocycles. The van der Waals surface area contributed by atoms with Gasteiger partial charge in [-0.3, -0.25) is 4.79 Å². The van der Waals surface area contributed by atoms with Gasteiger partial charge in [0.15, 0.2) is 0 Å². The van der Waals surface area contributed by atoms with E-state index < -0.39 is 35.0 Å². The third-order valence-electron chi connectivity index (χ3n) is 3.66. The Bertz CT molecular complexity index is 484. The Labute approximate surface area is 115 Å². The molecule has 0 unspecified atom stereocenters. The lowest BCUT2D eigenvalue weighted by Gasteiger charge is -2.27. The summed E-state index contributed by atoms with van der Waals surface area (Å²) in [4.78, 5) is 11.8. The molecule has 0 heterocycles. The van der Waals surface area contributed by atoms with Crippen molar-refractivity contribution in [2.45, 2.75) is 31.8 Å². The van der Waals surface area contributed by atoms with E-state index >= 15 is 0 Å². The molecule has 0 bridgehead atoms. The summed E-state index contributed by atoms with van der Waals surface area (Å²) in [6.07, 6.45) is 2.94. The van der Waals surface area contributed by atoms with Crippen molar-refractivity contribution in [3.8, 4) is 5.75 Å². The summed E-state index contributed by atoms with van der Waals surface area (Å²) in [6, 6.07) is 1.23. The molecule has 1 aliphatic rings. The Morgan fingerprint density at radius 3 is 2.65 bits per heavy atom. The molecule has 4 nitrogen and oxygen atoms in total. The molecule has 0 saturated heterocycles. The van der Waals surface area contributed by atoms with Crippen LogP contribution in [0.3, 0.4) is 0 Å². The molecule has 1 fully saturated rings. The van der Waals surface area contributed by atoms with Gasteiger partial charge in [0.05, 0.1) is 6.10 Å². The molecule has 2 atom stereocenters. The van der Waals surface area contributed by atoms with Crippen LogP contribution in [0.1, 0.15) is 36.0 Å². The maximum absolute atomic E-state index is 13.5. The number of rotatable bonds is 3. The fourth-order valence-corrected chi connectivity index (χ4v) is 2.52. The second kappa shape index (κ2) is 6.17. The van der Waals surface area contributed by atoms with Crippen molar-refractivity contribution in [1.29, 1.82) is 0 Å². The zero-order valence-electron chi connectivity index (χ0n) is 10.9. The molecule has 1 aromatic carbocycles. The van der Waals surface area contributed by atoms with Crippen LogP contribution in [0, 0.1) is 17.6 Å². The zero-order chi connectivity index (χ0) is 14.7. The Kier molecular flexibility index (Phi) is 4.54. The predicted octanol–water partition coefficient (Wildman–Crippen LogP) is 1.95. The van der Waals surface area contributed by atoms with Crippen LogP contribution in [-0.2, 0) is 0 Å². The molecule has 1 aromatic rings. The highest BCUT2D eigenvalue weighted by Crippen LogP contribution is 2.25. The smallest absolute Gasteiger partial charge is 0.258 e. The van der Waals surface area contributed by atoms with Crippen molar-refractivity contribution >= 4 is 5.91 Å². The number of phenols is 1. The number of benzene rings is 1. The van der Waals surface area contributed by atoms with Crippen LogP contribution < -0.4 is 5.32 Å². The van der Waals surface area contributed by atoms with E-state index in [1.165, 1.54) is 0 Å². The molecular formula is C14H17F2NO3. The van der Waals surface area contributed by atoms with E-state index in [0.29, 0.717) is 18.6 Å². The van der Waals surface area contributed by atoms with Gasteiger partial charge in [0.25, 0.3) is 5.91 Å². The predicted molar refractivity (Wildman–Crippen MR) is 68.3 cm³/mol. The average molecular weight is 285 g/mol. The van der Waals surface area contributed by atoms with Crippen LogP contribution in [0.4, 0.5) is 8.78 Å². The highest BCUT2D eigenvalue weighted by atomic mass is 19.1. The second-order valence-electron chi connectivity index (χ2n) is 5.10. The number of carbonyl (C=O) groups excluding carboxylic acids is 1. The SMILES string of the molecule is O=C(NC[C@H]1CCCC[C@H]1O)c1c(O)cc(F)cc1F. The first-order chi connectivity index (χ1) is 9.49. The van der Waals surface area contributed by atoms with Gasteiger partial charge in [-0.1, -0.05) is 12.8 Å². The summed E-state index contributed by atoms with van der Waals surface area (Å²) in [5, 5.41) is 21.7. The van der Waals surface area contributed by atoms with Crippen LogP contribution in [0.2, 0.25) is 0 Å². The number of aromatic hydroxyl groups is 1. The van der Waals surface area contributed by atoms with E-state index in [-0.39, 0.29) is 12.5 Å². The van der Waals surface area contributed by atoms with Crippen LogP contribution in [-0.4, -0.2) is 28.8 Å². The Morgan fingerprint density at radius 2 is 2.00 bits per heavy atom. The van der Waals surface area contributed by atoms with E-state index in [0.717, 1.165) is 19.3 Å². The maximum Gasteiger partial charge on any atom is 0.258 e. The molecule has 1 saturated carbocycles. The Balaban J connectivity index is 2.02. The Morgan fingerprint density at radius 1 is 1.30 bits per heavy atom. The third kappa shape index (κ3) is 3.25. The number of hydrogen-bond acceptors (Lipinski definition) is 3. The van der Waals surface area contributed by atoms with Crippen LogP contribution in [0.15, 0.2) is 12.1 Å². The number of carbonyl (C=O) groups is 1. The van der Waals surface area contributed by atoms with Gasteiger partial charge < -0.3 is 15.5 Å². The number of hydrogen-bond donors (Lipinski definition) is 3. The quantitative estimate of drug-likeness (QED) is 0.795. The lowest BCUT2D eigenvalue weighted by molar-refractivity contribution is 0.0661. The van der Waals surface area contributed by atoms with Crippen molar-refractivity contribution in [3.63, 3.8) is 0 Å². The highest BCUT2D eigenvalue weighted by Gasteiger charge is 2.25. The first kappa shape index (κ1) is 14.7. The Hall–Kier alpha value is -1.69. The number of aliphatic hydroxyl groups excluding tert-OH is 1. The number of nitrogens with one attached hydrogen (secondary N) is 1. The summed E-state index contributed by atoms with van der Waals surface area (Å²) >= 11 is 0. The normalized spacial score (nSPS) is 22.6. The summed E-state index contributed by atoms with van der Waals surface area (Å²) in [5.41, 5.74) is -0.573. The molecule has 20 heavy (non-hydrogen) atoms. The van der Waals surface area contributed by atoms with E-state index in [2.05, 4.69) is 5.32 Å². The number of amides is 1. The van der Waals surface area contributed by atoms with Crippen molar-refractivity contribution in [2.24, 2.45) is 5.92 Å². The second-order valence-corrected chi connectivity index (χ2v) is 5.10. The fraction of sp³-hybridized carbons (Fsp3) is 0.500. The molecular weight excluding hydrogens is 268 g/mol. The van der Waals surface area contributed by atoms with Crippen molar-refractivity contribution in [3.05, 3.63) is 29.3 Å². The van der Waals surface area contributed by atoms with E-state index in [1.54, 1.807) is 0 Å². The van der Waals surface area contributed by atoms with Crippen LogP contribution in [0.25, 0.3) is 0 Å². The standard InChI is InChI=1S/C14H17F2NO3/c15-9-5-10(16)13(12(19)6-9)14(20)17-7-8-3-1-2-4-11(8)18/h5-6,8,11,18-19H,1-4,7H2,(H,17,20)/t8-,11-/m1/s1. The molecule has 1 aliphatic carbocycles. The minimum Gasteiger partial charge on any atom is -0.507 e. The zero-order valence-corrected chi connectivity index (χ0v) is 10.9. The van der Waals surface area contributed by atoms with Gasteiger partial charge in [-0.05, 0) is 12.8 Å².